The Morgan fingerprint density at radius 2 is 2.56 bits per heavy atom. The second kappa shape index (κ2) is 5.31. The van der Waals surface area contributed by atoms with E-state index in [0.717, 1.165) is 0 Å². The number of hydrogen-bond acceptors (Lipinski definition) is 2. The van der Waals surface area contributed by atoms with Gasteiger partial charge in [0, 0.05) is 0 Å². The van der Waals surface area contributed by atoms with E-state index < -0.39 is 0 Å². The van der Waals surface area contributed by atoms with Crippen molar-refractivity contribution in [2.45, 2.75) is 6.92 Å². The summed E-state index contributed by atoms with van der Waals surface area (Å²) in [6.45, 7) is 5.33. The Bertz CT molecular complexity index is 112. The maximum Gasteiger partial charge on any atom is 0.108 e. The highest BCUT2D eigenvalue weighted by atomic mass is 19.1. The van der Waals surface area contributed by atoms with E-state index >= 15 is 0 Å². The molecule has 0 saturated heterocycles. The molecule has 0 heterocycles. The van der Waals surface area contributed by atoms with E-state index in [0.29, 0.717) is 18.6 Å². The molecule has 3 heteroatoms. The van der Waals surface area contributed by atoms with Crippen LogP contribution in [0.3, 0.4) is 0 Å². The van der Waals surface area contributed by atoms with E-state index in [-0.39, 0.29) is 0 Å². The zero-order chi connectivity index (χ0) is 7.11. The largest absolute Gasteiger partial charge is 0.272 e. The topological polar surface area (TPSA) is 21.3 Å². The lowest BCUT2D eigenvalue weighted by Gasteiger charge is -2.01. The van der Waals surface area contributed by atoms with Gasteiger partial charge in [-0.3, -0.25) is 10.3 Å². The van der Waals surface area contributed by atoms with Gasteiger partial charge < -0.3 is 0 Å². The van der Waals surface area contributed by atoms with Gasteiger partial charge in [-0.05, 0) is 6.92 Å². The van der Waals surface area contributed by atoms with Crippen molar-refractivity contribution >= 4 is 0 Å². The Kier molecular flexibility index (Phi) is 4.82. The van der Waals surface area contributed by atoms with Gasteiger partial charge in [-0.1, -0.05) is 6.08 Å². The van der Waals surface area contributed by atoms with Crippen LogP contribution >= 0.6 is 0 Å². The van der Waals surface area contributed by atoms with Crippen molar-refractivity contribution in [2.24, 2.45) is 0 Å². The fraction of sp³-hybridized carbons (Fsp3) is 0.333. The number of nitrogens with one attached hydrogen (secondary N) is 1. The Hall–Kier alpha value is -0.830. The summed E-state index contributed by atoms with van der Waals surface area (Å²) >= 11 is 0. The zero-order valence-electron chi connectivity index (χ0n) is 5.36. The average Bonchev–Trinajstić information content (AvgIpc) is 1.89. The molecule has 0 aromatic rings. The standard InChI is InChI=1S/C6H10FNO/c1-3-4-9-8-6(2)5-7/h3,5,8H,1,4H2,2H3. The number of hydroxylamine groups is 1. The van der Waals surface area contributed by atoms with Gasteiger partial charge in [0.2, 0.25) is 0 Å². The Morgan fingerprint density at radius 1 is 1.89 bits per heavy atom. The van der Waals surface area contributed by atoms with Gasteiger partial charge in [0.05, 0.1) is 12.3 Å². The Labute approximate surface area is 54.0 Å². The lowest BCUT2D eigenvalue weighted by Crippen LogP contribution is -2.11. The molecule has 0 radical (unpaired) electrons. The second-order valence-corrected chi connectivity index (χ2v) is 1.49. The monoisotopic (exact) mass is 131 g/mol. The Morgan fingerprint density at radius 3 is 3.00 bits per heavy atom. The first-order chi connectivity index (χ1) is 4.31. The van der Waals surface area contributed by atoms with E-state index in [1.807, 2.05) is 0 Å². The molecule has 0 aliphatic carbocycles. The molecule has 0 rings (SSSR count). The molecule has 0 fully saturated rings. The first-order valence-corrected chi connectivity index (χ1v) is 2.57. The van der Waals surface area contributed by atoms with Crippen LogP contribution in [-0.2, 0) is 4.84 Å². The fourth-order valence-corrected chi connectivity index (χ4v) is 0.237. The smallest absolute Gasteiger partial charge is 0.108 e. The van der Waals surface area contributed by atoms with Crippen LogP contribution in [0.5, 0.6) is 0 Å². The minimum Gasteiger partial charge on any atom is -0.272 e. The highest BCUT2D eigenvalue weighted by Gasteiger charge is 1.82. The summed E-state index contributed by atoms with van der Waals surface area (Å²) in [6.07, 6.45) is 2.00. The molecule has 0 saturated carbocycles. The average molecular weight is 131 g/mol. The normalized spacial score (nSPS) is 11.1. The van der Waals surface area contributed by atoms with Crippen LogP contribution in [-0.4, -0.2) is 6.61 Å². The van der Waals surface area contributed by atoms with E-state index in [2.05, 4.69) is 16.9 Å². The molecule has 0 unspecified atom stereocenters. The molecule has 52 valence electrons. The molecule has 0 bridgehead atoms. The van der Waals surface area contributed by atoms with Gasteiger partial charge in [0.15, 0.2) is 0 Å². The maximum atomic E-state index is 11.5. The van der Waals surface area contributed by atoms with E-state index in [4.69, 9.17) is 0 Å². The van der Waals surface area contributed by atoms with Crippen molar-refractivity contribution in [3.63, 3.8) is 0 Å². The summed E-state index contributed by atoms with van der Waals surface area (Å²) in [7, 11) is 0. The highest BCUT2D eigenvalue weighted by molar-refractivity contribution is 4.85. The van der Waals surface area contributed by atoms with Crippen molar-refractivity contribution in [1.29, 1.82) is 0 Å². The van der Waals surface area contributed by atoms with Crippen LogP contribution in [0.2, 0.25) is 0 Å². The minimum atomic E-state index is 0.344. The molecular formula is C6H10FNO. The molecule has 0 aliphatic rings. The van der Waals surface area contributed by atoms with Gasteiger partial charge in [-0.2, -0.15) is 0 Å². The second-order valence-electron chi connectivity index (χ2n) is 1.49. The summed E-state index contributed by atoms with van der Waals surface area (Å²) in [6, 6.07) is 0. The number of rotatable bonds is 4. The molecule has 0 aliphatic heterocycles. The van der Waals surface area contributed by atoms with Crippen LogP contribution in [0.25, 0.3) is 0 Å². The number of allylic oxidation sites excluding steroid dienone is 1. The minimum absolute atomic E-state index is 0.344. The molecule has 1 N–H and O–H groups in total. The third kappa shape index (κ3) is 5.03. The molecule has 0 atom stereocenters. The van der Waals surface area contributed by atoms with Gasteiger partial charge in [-0.25, -0.2) is 4.39 Å². The summed E-state index contributed by atoms with van der Waals surface area (Å²) in [5.41, 5.74) is 2.69. The van der Waals surface area contributed by atoms with Gasteiger partial charge in [0.1, 0.15) is 6.33 Å². The molecule has 0 aromatic carbocycles. The molecule has 0 aromatic heterocycles. The van der Waals surface area contributed by atoms with Crippen molar-refractivity contribution in [3.8, 4) is 0 Å². The fourth-order valence-electron chi connectivity index (χ4n) is 0.237. The first kappa shape index (κ1) is 8.17. The molecule has 0 amide bonds. The van der Waals surface area contributed by atoms with Crippen molar-refractivity contribution in [1.82, 2.24) is 5.48 Å². The molecule has 2 nitrogen and oxygen atoms in total. The van der Waals surface area contributed by atoms with Crippen LogP contribution in [0.4, 0.5) is 4.39 Å². The lowest BCUT2D eigenvalue weighted by molar-refractivity contribution is 0.0853. The van der Waals surface area contributed by atoms with E-state index in [1.54, 1.807) is 13.0 Å². The number of hydrogen-bond donors (Lipinski definition) is 1. The van der Waals surface area contributed by atoms with Crippen molar-refractivity contribution in [2.75, 3.05) is 6.61 Å². The number of halogens is 1. The van der Waals surface area contributed by atoms with Crippen LogP contribution in [0.1, 0.15) is 6.92 Å². The van der Waals surface area contributed by atoms with Gasteiger partial charge in [0.25, 0.3) is 0 Å². The van der Waals surface area contributed by atoms with Gasteiger partial charge >= 0.3 is 0 Å². The van der Waals surface area contributed by atoms with E-state index in [9.17, 15) is 4.39 Å². The zero-order valence-corrected chi connectivity index (χ0v) is 5.36. The summed E-state index contributed by atoms with van der Waals surface area (Å²) in [5, 5.41) is 0. The first-order valence-electron chi connectivity index (χ1n) is 2.57. The van der Waals surface area contributed by atoms with Crippen LogP contribution in [0.15, 0.2) is 24.7 Å². The highest BCUT2D eigenvalue weighted by Crippen LogP contribution is 1.85. The quantitative estimate of drug-likeness (QED) is 0.355. The van der Waals surface area contributed by atoms with E-state index in [1.165, 1.54) is 0 Å². The lowest BCUT2D eigenvalue weighted by atomic mass is 10.6. The third-order valence-electron chi connectivity index (χ3n) is 0.598. The maximum absolute atomic E-state index is 11.5. The van der Waals surface area contributed by atoms with Crippen LogP contribution < -0.4 is 5.48 Å². The third-order valence-corrected chi connectivity index (χ3v) is 0.598. The summed E-state index contributed by atoms with van der Waals surface area (Å²) < 4.78 is 11.5. The predicted octanol–water partition coefficient (Wildman–Crippen LogP) is 1.52. The molecule has 9 heavy (non-hydrogen) atoms. The Balaban J connectivity index is 3.17. The SMILES string of the molecule is C=CCONC(C)=CF. The van der Waals surface area contributed by atoms with Crippen molar-refractivity contribution in [3.05, 3.63) is 24.7 Å². The summed E-state index contributed by atoms with van der Waals surface area (Å²) in [4.78, 5) is 4.66. The van der Waals surface area contributed by atoms with Gasteiger partial charge in [-0.15, -0.1) is 6.58 Å². The molecule has 0 spiro atoms. The van der Waals surface area contributed by atoms with Crippen LogP contribution in [0, 0.1) is 0 Å². The summed E-state index contributed by atoms with van der Waals surface area (Å²) in [5.74, 6) is 0. The predicted molar refractivity (Wildman–Crippen MR) is 34.1 cm³/mol. The molecular weight excluding hydrogens is 121 g/mol. The van der Waals surface area contributed by atoms with Crippen molar-refractivity contribution < 1.29 is 9.23 Å².